The number of hydrogen-bond donors (Lipinski definition) is 0. The van der Waals surface area contributed by atoms with Gasteiger partial charge in [0.1, 0.15) is 5.75 Å². The molecule has 12 heteroatoms. The molecule has 36 heavy (non-hydrogen) atoms. The van der Waals surface area contributed by atoms with Crippen LogP contribution in [0.4, 0.5) is 18.9 Å². The molecule has 0 fully saturated rings. The van der Waals surface area contributed by atoms with Crippen molar-refractivity contribution in [2.24, 2.45) is 0 Å². The summed E-state index contributed by atoms with van der Waals surface area (Å²) in [6.07, 6.45) is 0. The van der Waals surface area contributed by atoms with Gasteiger partial charge in [-0.3, -0.25) is 10.1 Å². The Labute approximate surface area is 203 Å². The van der Waals surface area contributed by atoms with Gasteiger partial charge in [0, 0.05) is 5.56 Å². The van der Waals surface area contributed by atoms with Crippen molar-refractivity contribution in [3.8, 4) is 33.9 Å². The SMILES string of the molecule is CCOc1ccc(-c2ccccc2-c2nc3ccccc3c(OS(=O)(=O)C(F)(F)F)c2[N+](=O)[O-])cc1. The van der Waals surface area contributed by atoms with Crippen molar-refractivity contribution < 1.29 is 35.4 Å². The van der Waals surface area contributed by atoms with Crippen LogP contribution in [0.25, 0.3) is 33.3 Å². The maximum atomic E-state index is 13.1. The van der Waals surface area contributed by atoms with E-state index in [-0.39, 0.29) is 22.2 Å². The number of nitrogens with zero attached hydrogens (tertiary/aromatic N) is 2. The highest BCUT2D eigenvalue weighted by molar-refractivity contribution is 7.88. The molecule has 186 valence electrons. The quantitative estimate of drug-likeness (QED) is 0.126. The molecular weight excluding hydrogens is 501 g/mol. The number of nitro groups is 1. The van der Waals surface area contributed by atoms with Crippen LogP contribution >= 0.6 is 0 Å². The Morgan fingerprint density at radius 3 is 2.17 bits per heavy atom. The summed E-state index contributed by atoms with van der Waals surface area (Å²) < 4.78 is 72.9. The van der Waals surface area contributed by atoms with Crippen molar-refractivity contribution in [1.29, 1.82) is 0 Å². The van der Waals surface area contributed by atoms with Gasteiger partial charge >= 0.3 is 21.3 Å². The summed E-state index contributed by atoms with van der Waals surface area (Å²) in [5.41, 5.74) is -5.89. The molecular formula is C24H17F3N2O6S. The minimum atomic E-state index is -6.22. The Morgan fingerprint density at radius 2 is 1.56 bits per heavy atom. The zero-order chi connectivity index (χ0) is 26.1. The third kappa shape index (κ3) is 4.67. The number of hydrogen-bond acceptors (Lipinski definition) is 7. The van der Waals surface area contributed by atoms with E-state index >= 15 is 0 Å². The molecule has 0 amide bonds. The van der Waals surface area contributed by atoms with E-state index < -0.39 is 32.0 Å². The predicted octanol–water partition coefficient (Wildman–Crippen LogP) is 6.10. The minimum absolute atomic E-state index is 0.00645. The Morgan fingerprint density at radius 1 is 0.944 bits per heavy atom. The van der Waals surface area contributed by atoms with Crippen molar-refractivity contribution in [2.45, 2.75) is 12.4 Å². The number of alkyl halides is 3. The molecule has 0 N–H and O–H groups in total. The molecule has 4 rings (SSSR count). The van der Waals surface area contributed by atoms with Gasteiger partial charge in [0.2, 0.25) is 5.75 Å². The summed E-state index contributed by atoms with van der Waals surface area (Å²) in [6.45, 7) is 2.28. The van der Waals surface area contributed by atoms with Gasteiger partial charge < -0.3 is 8.92 Å². The molecule has 0 radical (unpaired) electrons. The van der Waals surface area contributed by atoms with Crippen LogP contribution in [-0.2, 0) is 10.1 Å². The molecule has 0 bridgehead atoms. The van der Waals surface area contributed by atoms with E-state index in [4.69, 9.17) is 4.74 Å². The van der Waals surface area contributed by atoms with E-state index in [2.05, 4.69) is 9.17 Å². The molecule has 0 spiro atoms. The number of fused-ring (bicyclic) bond motifs is 1. The minimum Gasteiger partial charge on any atom is -0.494 e. The number of benzene rings is 3. The molecule has 0 aliphatic carbocycles. The van der Waals surface area contributed by atoms with Gasteiger partial charge in [0.15, 0.2) is 5.69 Å². The van der Waals surface area contributed by atoms with E-state index in [9.17, 15) is 31.7 Å². The first-order chi connectivity index (χ1) is 17.0. The van der Waals surface area contributed by atoms with Crippen LogP contribution in [0.2, 0.25) is 0 Å². The first-order valence-corrected chi connectivity index (χ1v) is 11.8. The topological polar surface area (TPSA) is 109 Å². The van der Waals surface area contributed by atoms with Crippen LogP contribution in [0.15, 0.2) is 72.8 Å². The van der Waals surface area contributed by atoms with Crippen LogP contribution in [0.3, 0.4) is 0 Å². The zero-order valence-corrected chi connectivity index (χ0v) is 19.3. The molecule has 0 aliphatic rings. The van der Waals surface area contributed by atoms with Gasteiger partial charge in [0.25, 0.3) is 0 Å². The molecule has 1 aromatic heterocycles. The van der Waals surface area contributed by atoms with Crippen LogP contribution in [0.5, 0.6) is 11.5 Å². The number of ether oxygens (including phenoxy) is 1. The molecule has 0 saturated carbocycles. The third-order valence-electron chi connectivity index (χ3n) is 5.14. The third-order valence-corrected chi connectivity index (χ3v) is 6.09. The van der Waals surface area contributed by atoms with Gasteiger partial charge in [0.05, 0.1) is 22.4 Å². The second-order valence-corrected chi connectivity index (χ2v) is 8.94. The summed E-state index contributed by atoms with van der Waals surface area (Å²) in [7, 11) is -6.22. The Hall–Kier alpha value is -4.19. The van der Waals surface area contributed by atoms with Gasteiger partial charge in [-0.15, -0.1) is 0 Å². The number of halogens is 3. The second-order valence-electron chi connectivity index (χ2n) is 7.40. The molecule has 4 aromatic rings. The van der Waals surface area contributed by atoms with E-state index in [0.717, 1.165) is 0 Å². The maximum Gasteiger partial charge on any atom is 0.534 e. The maximum absolute atomic E-state index is 13.1. The standard InChI is InChI=1S/C24H17F3N2O6S/c1-2-34-16-13-11-15(12-14-16)17-7-3-4-8-18(17)21-22(29(30)31)23(35-36(32,33)24(25,26)27)19-9-5-6-10-20(19)28-21/h3-14H,2H2,1H3. The molecule has 8 nitrogen and oxygen atoms in total. The van der Waals surface area contributed by atoms with Crippen molar-refractivity contribution in [3.05, 3.63) is 82.9 Å². The highest BCUT2D eigenvalue weighted by atomic mass is 32.2. The molecule has 0 atom stereocenters. The Kier molecular flexibility index (Phi) is 6.55. The largest absolute Gasteiger partial charge is 0.534 e. The second kappa shape index (κ2) is 9.46. The van der Waals surface area contributed by atoms with Crippen molar-refractivity contribution in [2.75, 3.05) is 6.61 Å². The lowest BCUT2D eigenvalue weighted by atomic mass is 9.96. The summed E-state index contributed by atoms with van der Waals surface area (Å²) >= 11 is 0. The number of aromatic nitrogens is 1. The van der Waals surface area contributed by atoms with E-state index in [0.29, 0.717) is 23.5 Å². The van der Waals surface area contributed by atoms with Crippen LogP contribution in [-0.4, -0.2) is 30.4 Å². The van der Waals surface area contributed by atoms with Gasteiger partial charge in [-0.05, 0) is 42.3 Å². The van der Waals surface area contributed by atoms with Crippen molar-refractivity contribution in [1.82, 2.24) is 4.98 Å². The van der Waals surface area contributed by atoms with Crippen LogP contribution in [0.1, 0.15) is 6.92 Å². The molecule has 1 heterocycles. The van der Waals surface area contributed by atoms with Crippen LogP contribution < -0.4 is 8.92 Å². The van der Waals surface area contributed by atoms with Gasteiger partial charge in [-0.25, -0.2) is 4.98 Å². The average Bonchev–Trinajstić information content (AvgIpc) is 2.83. The highest BCUT2D eigenvalue weighted by Crippen LogP contribution is 2.45. The molecule has 3 aromatic carbocycles. The summed E-state index contributed by atoms with van der Waals surface area (Å²) in [4.78, 5) is 15.5. The smallest absolute Gasteiger partial charge is 0.494 e. The van der Waals surface area contributed by atoms with E-state index in [1.54, 1.807) is 42.5 Å². The molecule has 0 aliphatic heterocycles. The first kappa shape index (κ1) is 24.9. The molecule has 0 unspecified atom stereocenters. The number of pyridine rings is 1. The lowest BCUT2D eigenvalue weighted by Crippen LogP contribution is -2.28. The fraction of sp³-hybridized carbons (Fsp3) is 0.125. The lowest BCUT2D eigenvalue weighted by Gasteiger charge is -2.15. The lowest BCUT2D eigenvalue weighted by molar-refractivity contribution is -0.384. The van der Waals surface area contributed by atoms with E-state index in [1.807, 2.05) is 6.92 Å². The predicted molar refractivity (Wildman–Crippen MR) is 126 cm³/mol. The fourth-order valence-corrected chi connectivity index (χ4v) is 4.09. The normalized spacial score (nSPS) is 11.9. The number of para-hydroxylation sites is 1. The van der Waals surface area contributed by atoms with Gasteiger partial charge in [-0.2, -0.15) is 21.6 Å². The Balaban J connectivity index is 2.01. The highest BCUT2D eigenvalue weighted by Gasteiger charge is 2.50. The monoisotopic (exact) mass is 518 g/mol. The average molecular weight is 518 g/mol. The van der Waals surface area contributed by atoms with Crippen molar-refractivity contribution >= 4 is 26.7 Å². The van der Waals surface area contributed by atoms with Gasteiger partial charge in [-0.1, -0.05) is 48.5 Å². The first-order valence-electron chi connectivity index (χ1n) is 10.4. The molecule has 0 saturated heterocycles. The number of rotatable bonds is 7. The summed E-state index contributed by atoms with van der Waals surface area (Å²) in [6, 6.07) is 18.7. The summed E-state index contributed by atoms with van der Waals surface area (Å²) in [5, 5.41) is 11.9. The Bertz CT molecular complexity index is 1550. The van der Waals surface area contributed by atoms with Crippen molar-refractivity contribution in [3.63, 3.8) is 0 Å². The zero-order valence-electron chi connectivity index (χ0n) is 18.5. The van der Waals surface area contributed by atoms with Crippen LogP contribution in [0, 0.1) is 10.1 Å². The summed E-state index contributed by atoms with van der Waals surface area (Å²) in [5.74, 6) is -0.471. The fourth-order valence-electron chi connectivity index (χ4n) is 3.61. The van der Waals surface area contributed by atoms with E-state index in [1.165, 1.54) is 30.3 Å².